The Morgan fingerprint density at radius 1 is 1.00 bits per heavy atom. The summed E-state index contributed by atoms with van der Waals surface area (Å²) in [7, 11) is 0. The molecule has 0 unspecified atom stereocenters. The van der Waals surface area contributed by atoms with E-state index >= 15 is 0 Å². The maximum Gasteiger partial charge on any atom is 0.223 e. The van der Waals surface area contributed by atoms with Gasteiger partial charge in [0, 0.05) is 31.4 Å². The minimum atomic E-state index is -0.323. The number of benzene rings is 2. The van der Waals surface area contributed by atoms with Gasteiger partial charge in [0.2, 0.25) is 5.43 Å². The molecule has 0 aliphatic carbocycles. The van der Waals surface area contributed by atoms with E-state index in [0.29, 0.717) is 0 Å². The van der Waals surface area contributed by atoms with Gasteiger partial charge < -0.3 is 9.67 Å². The molecule has 1 N–H and O–H groups in total. The van der Waals surface area contributed by atoms with Gasteiger partial charge in [-0.05, 0) is 23.1 Å². The van der Waals surface area contributed by atoms with Crippen molar-refractivity contribution < 1.29 is 5.11 Å². The van der Waals surface area contributed by atoms with Crippen molar-refractivity contribution in [3.63, 3.8) is 0 Å². The highest BCUT2D eigenvalue weighted by molar-refractivity contribution is 5.33. The Bertz CT molecular complexity index is 978. The third kappa shape index (κ3) is 3.53. The standard InChI is InChI=1S/C23H24N2O2/c1-2-17-8-10-18(11-9-17)15-25-13-12-24-16-22(27)21(26)14-20(24)23(25)19-6-4-3-5-7-19/h3-11,14,16,23,27H,2,12-13,15H2,1H3/t23-/m1/s1. The van der Waals surface area contributed by atoms with Crippen LogP contribution in [0, 0.1) is 0 Å². The Hall–Kier alpha value is -2.85. The summed E-state index contributed by atoms with van der Waals surface area (Å²) in [6, 6.07) is 20.6. The molecular formula is C23H24N2O2. The van der Waals surface area contributed by atoms with Crippen LogP contribution in [0.1, 0.15) is 35.3 Å². The molecule has 3 aromatic rings. The Labute approximate surface area is 159 Å². The Balaban J connectivity index is 1.73. The average molecular weight is 360 g/mol. The van der Waals surface area contributed by atoms with Crippen molar-refractivity contribution in [2.24, 2.45) is 0 Å². The first kappa shape index (κ1) is 17.6. The van der Waals surface area contributed by atoms with E-state index in [1.54, 1.807) is 12.3 Å². The second-order valence-corrected chi connectivity index (χ2v) is 7.09. The fourth-order valence-corrected chi connectivity index (χ4v) is 3.86. The van der Waals surface area contributed by atoms with Crippen LogP contribution in [0.4, 0.5) is 0 Å². The molecule has 1 aliphatic rings. The van der Waals surface area contributed by atoms with E-state index in [0.717, 1.165) is 37.3 Å². The van der Waals surface area contributed by atoms with Gasteiger partial charge in [-0.1, -0.05) is 61.5 Å². The third-order valence-electron chi connectivity index (χ3n) is 5.35. The Morgan fingerprint density at radius 3 is 2.41 bits per heavy atom. The fraction of sp³-hybridized carbons (Fsp3) is 0.261. The zero-order valence-corrected chi connectivity index (χ0v) is 15.5. The van der Waals surface area contributed by atoms with Crippen LogP contribution in [-0.4, -0.2) is 21.1 Å². The lowest BCUT2D eigenvalue weighted by Gasteiger charge is -2.38. The molecule has 27 heavy (non-hydrogen) atoms. The van der Waals surface area contributed by atoms with E-state index in [9.17, 15) is 9.90 Å². The number of pyridine rings is 1. The number of hydrogen-bond acceptors (Lipinski definition) is 3. The highest BCUT2D eigenvalue weighted by Gasteiger charge is 2.29. The zero-order valence-electron chi connectivity index (χ0n) is 15.5. The minimum absolute atomic E-state index is 0.0147. The lowest BCUT2D eigenvalue weighted by atomic mass is 9.97. The van der Waals surface area contributed by atoms with Crippen LogP contribution in [0.15, 0.2) is 71.7 Å². The smallest absolute Gasteiger partial charge is 0.223 e. The number of aromatic nitrogens is 1. The molecule has 0 amide bonds. The quantitative estimate of drug-likeness (QED) is 0.771. The molecule has 1 aromatic heterocycles. The normalized spacial score (nSPS) is 16.9. The lowest BCUT2D eigenvalue weighted by Crippen LogP contribution is -2.39. The highest BCUT2D eigenvalue weighted by Crippen LogP contribution is 2.33. The Kier molecular flexibility index (Phi) is 4.82. The van der Waals surface area contributed by atoms with Gasteiger partial charge in [-0.3, -0.25) is 9.69 Å². The van der Waals surface area contributed by atoms with E-state index < -0.39 is 0 Å². The maximum absolute atomic E-state index is 12.1. The van der Waals surface area contributed by atoms with E-state index in [4.69, 9.17) is 0 Å². The van der Waals surface area contributed by atoms with Gasteiger partial charge >= 0.3 is 0 Å². The maximum atomic E-state index is 12.1. The minimum Gasteiger partial charge on any atom is -0.503 e. The molecule has 0 fully saturated rings. The lowest BCUT2D eigenvalue weighted by molar-refractivity contribution is 0.172. The fourth-order valence-electron chi connectivity index (χ4n) is 3.86. The summed E-state index contributed by atoms with van der Waals surface area (Å²) < 4.78 is 2.01. The second kappa shape index (κ2) is 7.41. The largest absolute Gasteiger partial charge is 0.503 e. The summed E-state index contributed by atoms with van der Waals surface area (Å²) in [5.74, 6) is -0.186. The van der Waals surface area contributed by atoms with E-state index in [2.05, 4.69) is 48.2 Å². The van der Waals surface area contributed by atoms with Gasteiger partial charge in [-0.25, -0.2) is 0 Å². The summed E-state index contributed by atoms with van der Waals surface area (Å²) in [6.07, 6.45) is 2.61. The van der Waals surface area contributed by atoms with E-state index in [-0.39, 0.29) is 17.2 Å². The van der Waals surface area contributed by atoms with Crippen molar-refractivity contribution in [2.45, 2.75) is 32.5 Å². The molecule has 0 saturated carbocycles. The average Bonchev–Trinajstić information content (AvgIpc) is 2.70. The highest BCUT2D eigenvalue weighted by atomic mass is 16.3. The van der Waals surface area contributed by atoms with E-state index in [1.165, 1.54) is 11.1 Å². The van der Waals surface area contributed by atoms with Gasteiger partial charge in [-0.2, -0.15) is 0 Å². The second-order valence-electron chi connectivity index (χ2n) is 7.09. The van der Waals surface area contributed by atoms with Gasteiger partial charge in [0.25, 0.3) is 0 Å². The summed E-state index contributed by atoms with van der Waals surface area (Å²) in [5, 5.41) is 9.84. The first-order valence-corrected chi connectivity index (χ1v) is 9.46. The first-order valence-electron chi connectivity index (χ1n) is 9.46. The first-order chi connectivity index (χ1) is 13.2. The van der Waals surface area contributed by atoms with Crippen molar-refractivity contribution in [3.8, 4) is 5.75 Å². The number of aryl methyl sites for hydroxylation is 1. The molecule has 2 aromatic carbocycles. The van der Waals surface area contributed by atoms with Crippen molar-refractivity contribution in [2.75, 3.05) is 6.54 Å². The van der Waals surface area contributed by atoms with Crippen LogP contribution in [0.25, 0.3) is 0 Å². The summed E-state index contributed by atoms with van der Waals surface area (Å²) in [5.41, 5.74) is 4.37. The number of fused-ring (bicyclic) bond motifs is 1. The molecule has 138 valence electrons. The predicted molar refractivity (Wildman–Crippen MR) is 107 cm³/mol. The molecule has 0 saturated heterocycles. The number of aromatic hydroxyl groups is 1. The molecule has 2 heterocycles. The molecule has 4 heteroatoms. The monoisotopic (exact) mass is 360 g/mol. The van der Waals surface area contributed by atoms with Crippen molar-refractivity contribution >= 4 is 0 Å². The van der Waals surface area contributed by atoms with Crippen molar-refractivity contribution in [1.29, 1.82) is 0 Å². The van der Waals surface area contributed by atoms with Crippen LogP contribution in [0.2, 0.25) is 0 Å². The molecule has 0 radical (unpaired) electrons. The number of nitrogens with zero attached hydrogens (tertiary/aromatic N) is 2. The van der Waals surface area contributed by atoms with Crippen LogP contribution >= 0.6 is 0 Å². The molecule has 0 spiro atoms. The van der Waals surface area contributed by atoms with Crippen LogP contribution in [0.5, 0.6) is 5.75 Å². The topological polar surface area (TPSA) is 45.5 Å². The SMILES string of the molecule is CCc1ccc(CN2CCn3cc(O)c(=O)cc3[C@H]2c2ccccc2)cc1. The van der Waals surface area contributed by atoms with Crippen LogP contribution in [-0.2, 0) is 19.5 Å². The van der Waals surface area contributed by atoms with Crippen LogP contribution < -0.4 is 5.43 Å². The van der Waals surface area contributed by atoms with Crippen molar-refractivity contribution in [1.82, 2.24) is 9.47 Å². The third-order valence-corrected chi connectivity index (χ3v) is 5.35. The molecule has 4 rings (SSSR count). The predicted octanol–water partition coefficient (Wildman–Crippen LogP) is 3.72. The number of rotatable bonds is 4. The molecule has 4 nitrogen and oxygen atoms in total. The van der Waals surface area contributed by atoms with Gasteiger partial charge in [0.05, 0.1) is 12.2 Å². The van der Waals surface area contributed by atoms with Gasteiger partial charge in [-0.15, -0.1) is 0 Å². The summed E-state index contributed by atoms with van der Waals surface area (Å²) >= 11 is 0. The van der Waals surface area contributed by atoms with Crippen molar-refractivity contribution in [3.05, 3.63) is 99.5 Å². The van der Waals surface area contributed by atoms with Gasteiger partial charge in [0.15, 0.2) is 5.75 Å². The Morgan fingerprint density at radius 2 is 1.70 bits per heavy atom. The van der Waals surface area contributed by atoms with Gasteiger partial charge in [0.1, 0.15) is 0 Å². The van der Waals surface area contributed by atoms with Crippen LogP contribution in [0.3, 0.4) is 0 Å². The summed E-state index contributed by atoms with van der Waals surface area (Å²) in [6.45, 7) is 4.58. The zero-order chi connectivity index (χ0) is 18.8. The summed E-state index contributed by atoms with van der Waals surface area (Å²) in [4.78, 5) is 14.5. The number of hydrogen-bond donors (Lipinski definition) is 1. The molecule has 0 bridgehead atoms. The van der Waals surface area contributed by atoms with E-state index in [1.807, 2.05) is 22.8 Å². The molecule has 1 atom stereocenters. The molecule has 1 aliphatic heterocycles. The molecular weight excluding hydrogens is 336 g/mol.